The summed E-state index contributed by atoms with van der Waals surface area (Å²) in [5, 5.41) is 3.09. The van der Waals surface area contributed by atoms with Gasteiger partial charge in [0.2, 0.25) is 0 Å². The van der Waals surface area contributed by atoms with E-state index in [2.05, 4.69) is 18.8 Å². The van der Waals surface area contributed by atoms with Crippen LogP contribution in [0.15, 0.2) is 12.7 Å². The first-order chi connectivity index (χ1) is 6.76. The Hall–Kier alpha value is -0.830. The van der Waals surface area contributed by atoms with Crippen molar-refractivity contribution in [2.45, 2.75) is 38.6 Å². The van der Waals surface area contributed by atoms with Crippen molar-refractivity contribution < 1.29 is 9.53 Å². The van der Waals surface area contributed by atoms with Crippen LogP contribution < -0.4 is 5.32 Å². The quantitative estimate of drug-likeness (QED) is 0.368. The van der Waals surface area contributed by atoms with Gasteiger partial charge in [-0.25, -0.2) is 0 Å². The van der Waals surface area contributed by atoms with Gasteiger partial charge >= 0.3 is 5.97 Å². The van der Waals surface area contributed by atoms with Gasteiger partial charge in [0.05, 0.1) is 7.11 Å². The Labute approximate surface area is 86.5 Å². The van der Waals surface area contributed by atoms with Crippen LogP contribution in [0.4, 0.5) is 0 Å². The first kappa shape index (κ1) is 13.2. The molecular formula is C11H21NO2. The molecule has 0 aromatic rings. The number of ether oxygens (including phenoxy) is 1. The molecule has 0 aliphatic carbocycles. The second-order valence-corrected chi connectivity index (χ2v) is 3.27. The molecule has 0 aliphatic rings. The highest BCUT2D eigenvalue weighted by atomic mass is 16.5. The highest BCUT2D eigenvalue weighted by molar-refractivity contribution is 5.75. The largest absolute Gasteiger partial charge is 0.468 e. The summed E-state index contributed by atoms with van der Waals surface area (Å²) in [6.07, 6.45) is 5.96. The summed E-state index contributed by atoms with van der Waals surface area (Å²) in [5.74, 6) is -0.178. The summed E-state index contributed by atoms with van der Waals surface area (Å²) >= 11 is 0. The van der Waals surface area contributed by atoms with Crippen molar-refractivity contribution in [3.63, 3.8) is 0 Å². The summed E-state index contributed by atoms with van der Waals surface area (Å²) in [5.41, 5.74) is 0. The smallest absolute Gasteiger partial charge is 0.322 e. The van der Waals surface area contributed by atoms with Crippen LogP contribution in [0.3, 0.4) is 0 Å². The van der Waals surface area contributed by atoms with Crippen LogP contribution in [-0.2, 0) is 9.53 Å². The number of methoxy groups -OCH3 is 1. The summed E-state index contributed by atoms with van der Waals surface area (Å²) in [7, 11) is 1.42. The molecule has 0 aromatic heterocycles. The van der Waals surface area contributed by atoms with Gasteiger partial charge in [-0.05, 0) is 6.42 Å². The lowest BCUT2D eigenvalue weighted by molar-refractivity contribution is -0.143. The Morgan fingerprint density at radius 2 is 2.29 bits per heavy atom. The molecule has 3 heteroatoms. The molecular weight excluding hydrogens is 178 g/mol. The molecule has 0 aromatic carbocycles. The topological polar surface area (TPSA) is 38.3 Å². The second-order valence-electron chi connectivity index (χ2n) is 3.27. The molecule has 0 amide bonds. The third-order valence-electron chi connectivity index (χ3n) is 2.09. The van der Waals surface area contributed by atoms with E-state index < -0.39 is 0 Å². The van der Waals surface area contributed by atoms with Crippen LogP contribution in [0, 0.1) is 0 Å². The van der Waals surface area contributed by atoms with Crippen LogP contribution in [-0.4, -0.2) is 25.7 Å². The fraction of sp³-hybridized carbons (Fsp3) is 0.727. The van der Waals surface area contributed by atoms with E-state index in [1.54, 1.807) is 6.08 Å². The normalized spacial score (nSPS) is 12.1. The molecule has 1 unspecified atom stereocenters. The van der Waals surface area contributed by atoms with Crippen LogP contribution in [0.2, 0.25) is 0 Å². The minimum absolute atomic E-state index is 0.176. The van der Waals surface area contributed by atoms with Crippen molar-refractivity contribution in [1.29, 1.82) is 0 Å². The van der Waals surface area contributed by atoms with Crippen LogP contribution in [0.5, 0.6) is 0 Å². The number of carbonyl (C=O) groups excluding carboxylic acids is 1. The maximum absolute atomic E-state index is 11.3. The van der Waals surface area contributed by atoms with E-state index in [4.69, 9.17) is 4.74 Å². The third kappa shape index (κ3) is 5.75. The minimum Gasteiger partial charge on any atom is -0.468 e. The molecule has 3 nitrogen and oxygen atoms in total. The van der Waals surface area contributed by atoms with Crippen molar-refractivity contribution >= 4 is 5.97 Å². The molecule has 1 atom stereocenters. The number of nitrogens with one attached hydrogen (secondary N) is 1. The van der Waals surface area contributed by atoms with E-state index in [-0.39, 0.29) is 12.0 Å². The zero-order chi connectivity index (χ0) is 10.8. The van der Waals surface area contributed by atoms with Gasteiger partial charge < -0.3 is 10.1 Å². The SMILES string of the molecule is C=CCNC(CCCCC)C(=O)OC. The first-order valence-electron chi connectivity index (χ1n) is 5.18. The van der Waals surface area contributed by atoms with Crippen molar-refractivity contribution in [3.8, 4) is 0 Å². The van der Waals surface area contributed by atoms with Gasteiger partial charge in [-0.15, -0.1) is 6.58 Å². The van der Waals surface area contributed by atoms with Gasteiger partial charge in [0, 0.05) is 6.54 Å². The third-order valence-corrected chi connectivity index (χ3v) is 2.09. The van der Waals surface area contributed by atoms with E-state index in [9.17, 15) is 4.79 Å². The van der Waals surface area contributed by atoms with Gasteiger partial charge in [-0.2, -0.15) is 0 Å². The van der Waals surface area contributed by atoms with Gasteiger partial charge in [0.15, 0.2) is 0 Å². The molecule has 0 bridgehead atoms. The minimum atomic E-state index is -0.178. The second kappa shape index (κ2) is 8.75. The van der Waals surface area contributed by atoms with Crippen molar-refractivity contribution in [1.82, 2.24) is 5.32 Å². The Morgan fingerprint density at radius 1 is 1.57 bits per heavy atom. The molecule has 82 valence electrons. The number of hydrogen-bond acceptors (Lipinski definition) is 3. The fourth-order valence-electron chi connectivity index (χ4n) is 1.27. The number of esters is 1. The molecule has 1 N–H and O–H groups in total. The van der Waals surface area contributed by atoms with E-state index in [0.717, 1.165) is 25.7 Å². The molecule has 0 radical (unpaired) electrons. The Balaban J connectivity index is 3.83. The summed E-state index contributed by atoms with van der Waals surface area (Å²) < 4.78 is 4.70. The highest BCUT2D eigenvalue weighted by Crippen LogP contribution is 2.04. The Bertz CT molecular complexity index is 169. The predicted molar refractivity (Wildman–Crippen MR) is 58.1 cm³/mol. The lowest BCUT2D eigenvalue weighted by Gasteiger charge is -2.14. The van der Waals surface area contributed by atoms with E-state index in [1.165, 1.54) is 7.11 Å². The molecule has 0 aliphatic heterocycles. The molecule has 0 saturated heterocycles. The van der Waals surface area contributed by atoms with Gasteiger partial charge in [0.25, 0.3) is 0 Å². The molecule has 0 rings (SSSR count). The van der Waals surface area contributed by atoms with Crippen molar-refractivity contribution in [2.24, 2.45) is 0 Å². The lowest BCUT2D eigenvalue weighted by Crippen LogP contribution is -2.37. The zero-order valence-electron chi connectivity index (χ0n) is 9.21. The zero-order valence-corrected chi connectivity index (χ0v) is 9.21. The summed E-state index contributed by atoms with van der Waals surface area (Å²) in [6.45, 7) is 6.39. The molecule has 0 heterocycles. The van der Waals surface area contributed by atoms with E-state index in [0.29, 0.717) is 6.54 Å². The predicted octanol–water partition coefficient (Wildman–Crippen LogP) is 1.88. The monoisotopic (exact) mass is 199 g/mol. The van der Waals surface area contributed by atoms with Crippen LogP contribution >= 0.6 is 0 Å². The van der Waals surface area contributed by atoms with Gasteiger partial charge in [-0.1, -0.05) is 32.3 Å². The van der Waals surface area contributed by atoms with Gasteiger partial charge in [0.1, 0.15) is 6.04 Å². The number of hydrogen-bond donors (Lipinski definition) is 1. The fourth-order valence-corrected chi connectivity index (χ4v) is 1.27. The van der Waals surface area contributed by atoms with E-state index in [1.807, 2.05) is 0 Å². The van der Waals surface area contributed by atoms with Crippen LogP contribution in [0.1, 0.15) is 32.6 Å². The van der Waals surface area contributed by atoms with Crippen LogP contribution in [0.25, 0.3) is 0 Å². The maximum atomic E-state index is 11.3. The average Bonchev–Trinajstić information content (AvgIpc) is 2.22. The number of unbranched alkanes of at least 4 members (excludes halogenated alkanes) is 2. The molecule has 0 fully saturated rings. The standard InChI is InChI=1S/C11H21NO2/c1-4-6-7-8-10(11(13)14-3)12-9-5-2/h5,10,12H,2,4,6-9H2,1,3H3. The maximum Gasteiger partial charge on any atom is 0.322 e. The molecule has 14 heavy (non-hydrogen) atoms. The average molecular weight is 199 g/mol. The lowest BCUT2D eigenvalue weighted by atomic mass is 10.1. The first-order valence-corrected chi connectivity index (χ1v) is 5.18. The Morgan fingerprint density at radius 3 is 2.79 bits per heavy atom. The molecule has 0 saturated carbocycles. The molecule has 0 spiro atoms. The number of carbonyl (C=O) groups is 1. The highest BCUT2D eigenvalue weighted by Gasteiger charge is 2.16. The van der Waals surface area contributed by atoms with Crippen molar-refractivity contribution in [2.75, 3.05) is 13.7 Å². The summed E-state index contributed by atoms with van der Waals surface area (Å²) in [6, 6.07) is -0.176. The van der Waals surface area contributed by atoms with Gasteiger partial charge in [-0.3, -0.25) is 4.79 Å². The summed E-state index contributed by atoms with van der Waals surface area (Å²) in [4.78, 5) is 11.3. The Kier molecular flexibility index (Phi) is 8.24. The number of rotatable bonds is 8. The van der Waals surface area contributed by atoms with Crippen molar-refractivity contribution in [3.05, 3.63) is 12.7 Å². The van der Waals surface area contributed by atoms with E-state index >= 15 is 0 Å².